The summed E-state index contributed by atoms with van der Waals surface area (Å²) in [5, 5.41) is 33.2. The van der Waals surface area contributed by atoms with Gasteiger partial charge in [-0.25, -0.2) is 14.8 Å². The molecular weight excluding hydrogens is 1170 g/mol. The molecule has 0 saturated heterocycles. The van der Waals surface area contributed by atoms with Gasteiger partial charge in [0.05, 0.1) is 57.9 Å². The minimum atomic E-state index is -1.01. The van der Waals surface area contributed by atoms with Gasteiger partial charge in [-0.2, -0.15) is 0 Å². The van der Waals surface area contributed by atoms with Crippen LogP contribution in [-0.2, 0) is 56.3 Å². The van der Waals surface area contributed by atoms with Gasteiger partial charge in [-0.05, 0) is 183 Å². The van der Waals surface area contributed by atoms with Crippen LogP contribution >= 0.6 is 23.2 Å². The number of aromatic amines is 2. The van der Waals surface area contributed by atoms with Gasteiger partial charge in [0.15, 0.2) is 0 Å². The van der Waals surface area contributed by atoms with Crippen LogP contribution in [0.5, 0.6) is 0 Å². The highest BCUT2D eigenvalue weighted by Crippen LogP contribution is 2.50. The lowest BCUT2D eigenvalue weighted by Gasteiger charge is -2.26. The molecule has 9 aromatic rings. The zero-order chi connectivity index (χ0) is 63.0. The Hall–Kier alpha value is -8.01. The molecule has 3 heterocycles. The molecule has 0 amide bonds. The van der Waals surface area contributed by atoms with Crippen molar-refractivity contribution in [1.82, 2.24) is 30.6 Å². The van der Waals surface area contributed by atoms with Gasteiger partial charge in [0.25, 0.3) is 0 Å². The topological polar surface area (TPSA) is 192 Å². The van der Waals surface area contributed by atoms with Crippen molar-refractivity contribution < 1.29 is 29.3 Å². The number of esters is 2. The Labute approximate surface area is 536 Å². The number of hydrogen-bond donors (Lipinski definition) is 6. The first-order valence-corrected chi connectivity index (χ1v) is 31.9. The lowest BCUT2D eigenvalue weighted by Crippen LogP contribution is -2.31. The second-order valence-corrected chi connectivity index (χ2v) is 26.6. The minimum Gasteiger partial charge on any atom is -0.459 e. The third kappa shape index (κ3) is 16.9. The van der Waals surface area contributed by atoms with Crippen molar-refractivity contribution in [1.29, 1.82) is 0 Å². The van der Waals surface area contributed by atoms with Crippen molar-refractivity contribution in [3.8, 4) is 0 Å². The third-order valence-corrected chi connectivity index (χ3v) is 18.1. The molecule has 2 fully saturated rings. The van der Waals surface area contributed by atoms with E-state index < -0.39 is 16.9 Å². The Bertz CT molecular complexity index is 3910. The van der Waals surface area contributed by atoms with Crippen LogP contribution in [0, 0.1) is 10.8 Å². The molecule has 2 atom stereocenters. The van der Waals surface area contributed by atoms with E-state index in [-0.39, 0.29) is 60.9 Å². The van der Waals surface area contributed by atoms with Crippen molar-refractivity contribution in [3.63, 3.8) is 0 Å². The number of fused-ring (bicyclic) bond motifs is 2. The standard InChI is InChI=1S/C75H78Cl2N6O7/c1-72(2,87)61-17-7-5-13-51(61)25-33-63(55-15-9-11-49(39-55)19-29-59-31-23-53-21-27-57(76)41-65(53)80-59)78-47-74(35-36-74)43-69(84)89-45-67-68(83-71(86)82-67)46-90-70(85)44-75(37-38-75)48-79-64(34-26-52-14-6-8-18-62(52)73(3,4)88)56-16-10-12-50(40-56)20-30-60-32-24-54-22-28-58(77)42-66(54)81-60/h5-24,27-32,39-42,63-64,78-79,87-88H,25-26,33-38,43-48H2,1-4H3,(H2,82,83,86)/t63-,64-/m1/s1. The molecule has 2 aliphatic rings. The highest BCUT2D eigenvalue weighted by Gasteiger charge is 2.46. The molecule has 90 heavy (non-hydrogen) atoms. The van der Waals surface area contributed by atoms with E-state index in [1.54, 1.807) is 0 Å². The lowest BCUT2D eigenvalue weighted by atomic mass is 9.89. The molecule has 0 unspecified atom stereocenters. The van der Waals surface area contributed by atoms with Crippen LogP contribution in [0.2, 0.25) is 10.0 Å². The average molecular weight is 1250 g/mol. The Kier molecular flexibility index (Phi) is 19.5. The van der Waals surface area contributed by atoms with Gasteiger partial charge in [-0.1, -0.05) is 157 Å². The van der Waals surface area contributed by atoms with Gasteiger partial charge in [0, 0.05) is 46.0 Å². The first-order valence-electron chi connectivity index (χ1n) is 31.1. The number of carbonyl (C=O) groups is 2. The Morgan fingerprint density at radius 2 is 0.967 bits per heavy atom. The van der Waals surface area contributed by atoms with Crippen molar-refractivity contribution >= 4 is 81.3 Å². The monoisotopic (exact) mass is 1240 g/mol. The van der Waals surface area contributed by atoms with E-state index in [2.05, 4.69) is 93.4 Å². The number of hydrogen-bond acceptors (Lipinski definition) is 11. The number of ether oxygens (including phenoxy) is 2. The van der Waals surface area contributed by atoms with Crippen molar-refractivity contribution in [3.05, 3.63) is 246 Å². The highest BCUT2D eigenvalue weighted by atomic mass is 35.5. The van der Waals surface area contributed by atoms with Gasteiger partial charge >= 0.3 is 17.6 Å². The van der Waals surface area contributed by atoms with E-state index in [4.69, 9.17) is 42.6 Å². The zero-order valence-electron chi connectivity index (χ0n) is 51.5. The van der Waals surface area contributed by atoms with E-state index in [0.717, 1.165) is 116 Å². The fraction of sp³-hybridized carbons (Fsp3) is 0.320. The minimum absolute atomic E-state index is 0.0841. The van der Waals surface area contributed by atoms with Crippen LogP contribution in [0.1, 0.15) is 158 Å². The molecule has 6 aromatic carbocycles. The largest absolute Gasteiger partial charge is 0.459 e. The van der Waals surface area contributed by atoms with Gasteiger partial charge in [-0.15, -0.1) is 0 Å². The fourth-order valence-corrected chi connectivity index (χ4v) is 12.5. The predicted molar refractivity (Wildman–Crippen MR) is 359 cm³/mol. The second kappa shape index (κ2) is 27.6. The normalized spacial score (nSPS) is 15.2. The highest BCUT2D eigenvalue weighted by molar-refractivity contribution is 6.31. The summed E-state index contributed by atoms with van der Waals surface area (Å²) in [5.74, 6) is -0.774. The van der Waals surface area contributed by atoms with E-state index in [0.29, 0.717) is 47.4 Å². The van der Waals surface area contributed by atoms with Crippen LogP contribution < -0.4 is 16.3 Å². The molecule has 0 aliphatic heterocycles. The van der Waals surface area contributed by atoms with Crippen molar-refractivity contribution in [2.45, 2.75) is 128 Å². The van der Waals surface area contributed by atoms with Gasteiger partial charge in [0.1, 0.15) is 13.2 Å². The number of aliphatic hydroxyl groups is 2. The number of benzene rings is 6. The zero-order valence-corrected chi connectivity index (χ0v) is 53.0. The number of imidazole rings is 1. The summed E-state index contributed by atoms with van der Waals surface area (Å²) in [6.07, 6.45) is 14.8. The quantitative estimate of drug-likeness (QED) is 0.0256. The average Bonchev–Trinajstić information content (AvgIpc) is 1.99. The lowest BCUT2D eigenvalue weighted by molar-refractivity contribution is -0.148. The number of carbonyl (C=O) groups excluding carboxylic acids is 2. The van der Waals surface area contributed by atoms with E-state index in [1.165, 1.54) is 0 Å². The summed E-state index contributed by atoms with van der Waals surface area (Å²) in [6, 6.07) is 52.2. The van der Waals surface area contributed by atoms with E-state index in [1.807, 2.05) is 137 Å². The molecule has 2 aliphatic carbocycles. The molecule has 2 saturated carbocycles. The molecule has 0 radical (unpaired) electrons. The summed E-state index contributed by atoms with van der Waals surface area (Å²) in [7, 11) is 0. The summed E-state index contributed by atoms with van der Waals surface area (Å²) in [4.78, 5) is 55.3. The van der Waals surface area contributed by atoms with Gasteiger partial charge in [0.2, 0.25) is 0 Å². The number of rotatable bonds is 28. The first-order chi connectivity index (χ1) is 43.2. The predicted octanol–water partition coefficient (Wildman–Crippen LogP) is 15.3. The molecule has 11 rings (SSSR count). The maximum absolute atomic E-state index is 13.7. The second-order valence-electron chi connectivity index (χ2n) is 25.7. The number of pyridine rings is 2. The van der Waals surface area contributed by atoms with Crippen molar-refractivity contribution in [2.24, 2.45) is 10.8 Å². The SMILES string of the molecule is CC(C)(O)c1ccccc1CC[C@@H](NCC1(CC(=O)OCc2[nH]c(=O)[nH]c2COC(=O)CC2(CN[C@H](CCc3ccccc3C(C)(C)O)c3cccc(C=Cc4ccc5ccc(Cl)cc5n4)c3)CC2)CC1)c1cccc(C=Cc2ccc3ccc(Cl)cc3n2)c1. The molecule has 464 valence electrons. The van der Waals surface area contributed by atoms with Crippen LogP contribution in [0.25, 0.3) is 46.1 Å². The van der Waals surface area contributed by atoms with Crippen LogP contribution in [0.3, 0.4) is 0 Å². The Morgan fingerprint density at radius 1 is 0.556 bits per heavy atom. The number of nitrogens with one attached hydrogen (secondary N) is 4. The van der Waals surface area contributed by atoms with Crippen molar-refractivity contribution in [2.75, 3.05) is 13.1 Å². The van der Waals surface area contributed by atoms with Gasteiger partial charge in [-0.3, -0.25) is 9.59 Å². The summed E-state index contributed by atoms with van der Waals surface area (Å²) >= 11 is 12.6. The molecular formula is C75H78Cl2N6O7. The van der Waals surface area contributed by atoms with Crippen LogP contribution in [0.4, 0.5) is 0 Å². The molecule has 15 heteroatoms. The molecule has 0 spiro atoms. The number of aryl methyl sites for hydroxylation is 2. The number of H-pyrrole nitrogens is 2. The maximum Gasteiger partial charge on any atom is 0.323 e. The van der Waals surface area contributed by atoms with Crippen LogP contribution in [-0.4, -0.2) is 55.2 Å². The number of aromatic nitrogens is 4. The smallest absolute Gasteiger partial charge is 0.323 e. The Morgan fingerprint density at radius 3 is 1.38 bits per heavy atom. The van der Waals surface area contributed by atoms with Gasteiger partial charge < -0.3 is 40.3 Å². The summed E-state index contributed by atoms with van der Waals surface area (Å²) in [5.41, 5.74) is 9.01. The third-order valence-electron chi connectivity index (χ3n) is 17.7. The summed E-state index contributed by atoms with van der Waals surface area (Å²) in [6.45, 7) is 8.01. The number of halogens is 2. The molecule has 13 nitrogen and oxygen atoms in total. The van der Waals surface area contributed by atoms with Crippen LogP contribution in [0.15, 0.2) is 163 Å². The molecule has 0 bridgehead atoms. The molecule has 3 aromatic heterocycles. The first kappa shape index (κ1) is 63.6. The molecule has 6 N–H and O–H groups in total. The number of nitrogens with zero attached hydrogens (tertiary/aromatic N) is 2. The Balaban J connectivity index is 0.702. The summed E-state index contributed by atoms with van der Waals surface area (Å²) < 4.78 is 11.7. The maximum atomic E-state index is 13.7. The van der Waals surface area contributed by atoms with E-state index >= 15 is 0 Å². The van der Waals surface area contributed by atoms with E-state index in [9.17, 15) is 24.6 Å². The fourth-order valence-electron chi connectivity index (χ4n) is 12.2.